The van der Waals surface area contributed by atoms with Crippen LogP contribution in [0.5, 0.6) is 0 Å². The van der Waals surface area contributed by atoms with E-state index in [1.807, 2.05) is 30.3 Å². The summed E-state index contributed by atoms with van der Waals surface area (Å²) in [4.78, 5) is 0. The highest BCUT2D eigenvalue weighted by molar-refractivity contribution is 6.08. The van der Waals surface area contributed by atoms with E-state index in [0.29, 0.717) is 13.0 Å². The van der Waals surface area contributed by atoms with Gasteiger partial charge in [-0.25, -0.2) is 0 Å². The minimum atomic E-state index is 0.0492. The zero-order valence-corrected chi connectivity index (χ0v) is 10.5. The summed E-state index contributed by atoms with van der Waals surface area (Å²) < 4.78 is 2.18. The van der Waals surface area contributed by atoms with Gasteiger partial charge in [-0.1, -0.05) is 24.3 Å². The molecule has 0 aliphatic heterocycles. The number of para-hydroxylation sites is 1. The van der Waals surface area contributed by atoms with Crippen LogP contribution < -0.4 is 0 Å². The molecule has 1 heterocycles. The second-order valence-corrected chi connectivity index (χ2v) is 4.59. The molecule has 1 aromatic heterocycles. The van der Waals surface area contributed by atoms with Gasteiger partial charge in [0.25, 0.3) is 0 Å². The van der Waals surface area contributed by atoms with Crippen molar-refractivity contribution in [2.45, 2.75) is 19.6 Å². The van der Waals surface area contributed by atoms with Crippen molar-refractivity contribution in [1.29, 1.82) is 5.26 Å². The van der Waals surface area contributed by atoms with Crippen molar-refractivity contribution in [1.82, 2.24) is 4.57 Å². The normalized spacial score (nSPS) is 10.9. The maximum atomic E-state index is 9.27. The Morgan fingerprint density at radius 2 is 1.84 bits per heavy atom. The van der Waals surface area contributed by atoms with E-state index in [1.54, 1.807) is 0 Å². The van der Waals surface area contributed by atoms with Crippen molar-refractivity contribution in [3.63, 3.8) is 0 Å². The van der Waals surface area contributed by atoms with Crippen molar-refractivity contribution in [3.05, 3.63) is 48.0 Å². The van der Waals surface area contributed by atoms with Crippen LogP contribution in [0.4, 0.5) is 0 Å². The van der Waals surface area contributed by atoms with Crippen molar-refractivity contribution < 1.29 is 5.11 Å². The van der Waals surface area contributed by atoms with Crippen molar-refractivity contribution >= 4 is 21.8 Å². The molecule has 0 aliphatic carbocycles. The van der Waals surface area contributed by atoms with Gasteiger partial charge in [0.1, 0.15) is 0 Å². The summed E-state index contributed by atoms with van der Waals surface area (Å²) in [6.45, 7) is 0.743. The molecule has 0 aliphatic rings. The van der Waals surface area contributed by atoms with Crippen LogP contribution >= 0.6 is 0 Å². The van der Waals surface area contributed by atoms with E-state index in [1.165, 1.54) is 5.39 Å². The Morgan fingerprint density at radius 1 is 1.05 bits per heavy atom. The van der Waals surface area contributed by atoms with E-state index in [-0.39, 0.29) is 6.61 Å². The third-order valence-corrected chi connectivity index (χ3v) is 3.47. The average molecular weight is 250 g/mol. The van der Waals surface area contributed by atoms with Gasteiger partial charge in [-0.3, -0.25) is 0 Å². The zero-order valence-electron chi connectivity index (χ0n) is 10.5. The highest BCUT2D eigenvalue weighted by Gasteiger charge is 2.10. The molecule has 3 heteroatoms. The standard InChI is InChI=1S/C16H14N2O/c17-8-3-9-18-15-5-2-1-4-13(15)14-10-12(11-19)6-7-16(14)18/h1-2,4-7,10,19H,3,9,11H2. The number of aliphatic hydroxyl groups excluding tert-OH is 1. The second-order valence-electron chi connectivity index (χ2n) is 4.59. The Bertz CT molecular complexity index is 780. The SMILES string of the molecule is N#CCCn1c2ccccc2c2cc(CO)ccc21. The molecule has 0 bridgehead atoms. The molecule has 3 rings (SSSR count). The smallest absolute Gasteiger partial charge is 0.0682 e. The number of hydrogen-bond acceptors (Lipinski definition) is 2. The minimum Gasteiger partial charge on any atom is -0.392 e. The van der Waals surface area contributed by atoms with Gasteiger partial charge in [0, 0.05) is 28.4 Å². The van der Waals surface area contributed by atoms with Crippen molar-refractivity contribution in [3.8, 4) is 6.07 Å². The predicted molar refractivity (Wildman–Crippen MR) is 75.6 cm³/mol. The molecule has 94 valence electrons. The fourth-order valence-electron chi connectivity index (χ4n) is 2.60. The maximum absolute atomic E-state index is 9.27. The lowest BCUT2D eigenvalue weighted by Gasteiger charge is -2.04. The minimum absolute atomic E-state index is 0.0492. The number of nitriles is 1. The summed E-state index contributed by atoms with van der Waals surface area (Å²) in [7, 11) is 0. The molecule has 0 spiro atoms. The molecule has 1 N–H and O–H groups in total. The topological polar surface area (TPSA) is 49.0 Å². The molecule has 0 saturated heterocycles. The van der Waals surface area contributed by atoms with Crippen LogP contribution in [0.3, 0.4) is 0 Å². The Labute approximate surface area is 111 Å². The van der Waals surface area contributed by atoms with Crippen LogP contribution in [0, 0.1) is 11.3 Å². The second kappa shape index (κ2) is 4.75. The summed E-state index contributed by atoms with van der Waals surface area (Å²) in [5.74, 6) is 0. The number of aromatic nitrogens is 1. The summed E-state index contributed by atoms with van der Waals surface area (Å²) >= 11 is 0. The third-order valence-electron chi connectivity index (χ3n) is 3.47. The van der Waals surface area contributed by atoms with Crippen LogP contribution in [0.2, 0.25) is 0 Å². The Hall–Kier alpha value is -2.31. The predicted octanol–water partition coefficient (Wildman–Crippen LogP) is 3.20. The van der Waals surface area contributed by atoms with Crippen LogP contribution in [0.1, 0.15) is 12.0 Å². The van der Waals surface area contributed by atoms with Gasteiger partial charge in [0.2, 0.25) is 0 Å². The first-order chi connectivity index (χ1) is 9.35. The highest BCUT2D eigenvalue weighted by atomic mass is 16.3. The number of aliphatic hydroxyl groups is 1. The first kappa shape index (κ1) is 11.8. The van der Waals surface area contributed by atoms with Gasteiger partial charge >= 0.3 is 0 Å². The average Bonchev–Trinajstić information content (AvgIpc) is 2.78. The largest absolute Gasteiger partial charge is 0.392 e. The Kier molecular flexibility index (Phi) is 2.94. The van der Waals surface area contributed by atoms with Crippen molar-refractivity contribution in [2.24, 2.45) is 0 Å². The fourth-order valence-corrected chi connectivity index (χ4v) is 2.60. The monoisotopic (exact) mass is 250 g/mol. The molecule has 3 nitrogen and oxygen atoms in total. The quantitative estimate of drug-likeness (QED) is 0.776. The first-order valence-electron chi connectivity index (χ1n) is 6.33. The molecule has 19 heavy (non-hydrogen) atoms. The first-order valence-corrected chi connectivity index (χ1v) is 6.33. The summed E-state index contributed by atoms with van der Waals surface area (Å²) in [6.07, 6.45) is 0.496. The van der Waals surface area contributed by atoms with E-state index in [0.717, 1.165) is 22.0 Å². The molecule has 2 aromatic carbocycles. The van der Waals surface area contributed by atoms with Crippen LogP contribution in [0.15, 0.2) is 42.5 Å². The Morgan fingerprint density at radius 3 is 2.63 bits per heavy atom. The number of aryl methyl sites for hydroxylation is 1. The van der Waals surface area contributed by atoms with Gasteiger partial charge in [-0.05, 0) is 23.8 Å². The lowest BCUT2D eigenvalue weighted by atomic mass is 10.1. The van der Waals surface area contributed by atoms with E-state index in [9.17, 15) is 5.11 Å². The number of hydrogen-bond donors (Lipinski definition) is 1. The molecule has 0 atom stereocenters. The molecule has 0 saturated carbocycles. The maximum Gasteiger partial charge on any atom is 0.0682 e. The van der Waals surface area contributed by atoms with Gasteiger partial charge < -0.3 is 9.67 Å². The lowest BCUT2D eigenvalue weighted by Crippen LogP contribution is -1.96. The molecule has 0 unspecified atom stereocenters. The van der Waals surface area contributed by atoms with Crippen molar-refractivity contribution in [2.75, 3.05) is 0 Å². The summed E-state index contributed by atoms with van der Waals surface area (Å²) in [5, 5.41) is 20.4. The fraction of sp³-hybridized carbons (Fsp3) is 0.188. The van der Waals surface area contributed by atoms with E-state index >= 15 is 0 Å². The van der Waals surface area contributed by atoms with E-state index in [4.69, 9.17) is 5.26 Å². The van der Waals surface area contributed by atoms with Gasteiger partial charge in [0.05, 0.1) is 19.1 Å². The highest BCUT2D eigenvalue weighted by Crippen LogP contribution is 2.29. The van der Waals surface area contributed by atoms with Crippen LogP contribution in [0.25, 0.3) is 21.8 Å². The van der Waals surface area contributed by atoms with Gasteiger partial charge in [-0.2, -0.15) is 5.26 Å². The molecule has 0 radical (unpaired) electrons. The summed E-state index contributed by atoms with van der Waals surface area (Å²) in [5.41, 5.74) is 3.17. The number of rotatable bonds is 3. The molecular formula is C16H14N2O. The number of nitrogens with zero attached hydrogens (tertiary/aromatic N) is 2. The molecule has 0 amide bonds. The van der Waals surface area contributed by atoms with Gasteiger partial charge in [-0.15, -0.1) is 0 Å². The third kappa shape index (κ3) is 1.87. The zero-order chi connectivity index (χ0) is 13.2. The number of benzene rings is 2. The number of fused-ring (bicyclic) bond motifs is 3. The Balaban J connectivity index is 2.34. The molecular weight excluding hydrogens is 236 g/mol. The lowest BCUT2D eigenvalue weighted by molar-refractivity contribution is 0.282. The van der Waals surface area contributed by atoms with E-state index in [2.05, 4.69) is 22.8 Å². The summed E-state index contributed by atoms with van der Waals surface area (Å²) in [6, 6.07) is 16.4. The van der Waals surface area contributed by atoms with Crippen LogP contribution in [-0.4, -0.2) is 9.67 Å². The molecule has 3 aromatic rings. The van der Waals surface area contributed by atoms with Crippen LogP contribution in [-0.2, 0) is 13.2 Å². The molecule has 0 fully saturated rings. The van der Waals surface area contributed by atoms with Gasteiger partial charge in [0.15, 0.2) is 0 Å². The van der Waals surface area contributed by atoms with E-state index < -0.39 is 0 Å².